The average molecular weight is 455 g/mol. The first-order valence-corrected chi connectivity index (χ1v) is 11.0. The highest BCUT2D eigenvalue weighted by atomic mass is 79.9. The number of hydrogen-bond donors (Lipinski definition) is 2. The fourth-order valence-electron chi connectivity index (χ4n) is 2.34. The zero-order chi connectivity index (χ0) is 19.9. The number of carbonyl (C=O) groups is 1. The maximum absolute atomic E-state index is 12.7. The van der Waals surface area contributed by atoms with Crippen molar-refractivity contribution in [2.45, 2.75) is 31.6 Å². The van der Waals surface area contributed by atoms with Crippen LogP contribution in [0.25, 0.3) is 0 Å². The summed E-state index contributed by atoms with van der Waals surface area (Å²) in [6.07, 6.45) is 1.84. The highest BCUT2D eigenvalue weighted by Gasteiger charge is 2.17. The molecule has 0 aliphatic carbocycles. The highest BCUT2D eigenvalue weighted by molar-refractivity contribution is 9.10. The zero-order valence-electron chi connectivity index (χ0n) is 15.3. The summed E-state index contributed by atoms with van der Waals surface area (Å²) in [6.45, 7) is 4.97. The van der Waals surface area contributed by atoms with Crippen molar-refractivity contribution in [3.63, 3.8) is 0 Å². The smallest absolute Gasteiger partial charge is 0.261 e. The molecule has 0 bridgehead atoms. The van der Waals surface area contributed by atoms with Crippen LogP contribution in [-0.4, -0.2) is 27.5 Å². The molecule has 0 unspecified atom stereocenters. The molecular formula is C19H23BrN2O4S. The maximum Gasteiger partial charge on any atom is 0.261 e. The van der Waals surface area contributed by atoms with Gasteiger partial charge in [-0.05, 0) is 65.7 Å². The van der Waals surface area contributed by atoms with Crippen molar-refractivity contribution in [2.75, 3.05) is 17.9 Å². The Morgan fingerprint density at radius 2 is 1.93 bits per heavy atom. The molecule has 0 radical (unpaired) electrons. The number of rotatable bonds is 9. The van der Waals surface area contributed by atoms with Gasteiger partial charge in [0, 0.05) is 12.1 Å². The Balaban J connectivity index is 2.18. The van der Waals surface area contributed by atoms with Crippen molar-refractivity contribution < 1.29 is 17.9 Å². The van der Waals surface area contributed by atoms with Gasteiger partial charge in [0.2, 0.25) is 0 Å². The highest BCUT2D eigenvalue weighted by Crippen LogP contribution is 2.29. The minimum Gasteiger partial charge on any atom is -0.493 e. The van der Waals surface area contributed by atoms with E-state index in [9.17, 15) is 13.2 Å². The second kappa shape index (κ2) is 9.75. The van der Waals surface area contributed by atoms with E-state index >= 15 is 0 Å². The van der Waals surface area contributed by atoms with Crippen LogP contribution in [0.1, 0.15) is 37.0 Å². The van der Waals surface area contributed by atoms with Crippen LogP contribution in [0.4, 0.5) is 5.69 Å². The Morgan fingerprint density at radius 3 is 2.59 bits per heavy atom. The summed E-state index contributed by atoms with van der Waals surface area (Å²) >= 11 is 3.36. The van der Waals surface area contributed by atoms with Gasteiger partial charge in [-0.1, -0.05) is 19.4 Å². The van der Waals surface area contributed by atoms with Crippen LogP contribution in [0.3, 0.4) is 0 Å². The molecule has 2 aromatic carbocycles. The lowest BCUT2D eigenvalue weighted by molar-refractivity contribution is 0.0953. The first-order valence-electron chi connectivity index (χ1n) is 8.70. The van der Waals surface area contributed by atoms with Gasteiger partial charge in [-0.2, -0.15) is 0 Å². The quantitative estimate of drug-likeness (QED) is 0.556. The lowest BCUT2D eigenvalue weighted by Crippen LogP contribution is -2.24. The first-order chi connectivity index (χ1) is 12.9. The van der Waals surface area contributed by atoms with E-state index in [0.717, 1.165) is 12.8 Å². The van der Waals surface area contributed by atoms with Gasteiger partial charge in [-0.15, -0.1) is 0 Å². The molecule has 0 aliphatic rings. The van der Waals surface area contributed by atoms with Gasteiger partial charge in [0.05, 0.1) is 21.7 Å². The molecule has 27 heavy (non-hydrogen) atoms. The molecule has 0 spiro atoms. The maximum atomic E-state index is 12.7. The molecule has 0 aromatic heterocycles. The van der Waals surface area contributed by atoms with Crippen molar-refractivity contribution in [1.82, 2.24) is 5.32 Å². The lowest BCUT2D eigenvalue weighted by Gasteiger charge is -2.12. The molecule has 0 heterocycles. The van der Waals surface area contributed by atoms with Gasteiger partial charge in [0.15, 0.2) is 0 Å². The summed E-state index contributed by atoms with van der Waals surface area (Å²) in [5.74, 6) is 0.343. The number of hydrogen-bond acceptors (Lipinski definition) is 4. The number of halogens is 1. The molecule has 0 atom stereocenters. The third-order valence-corrected chi connectivity index (χ3v) is 5.71. The fourth-order valence-corrected chi connectivity index (χ4v) is 3.92. The van der Waals surface area contributed by atoms with Crippen LogP contribution in [0.5, 0.6) is 5.75 Å². The topological polar surface area (TPSA) is 84.5 Å². The van der Waals surface area contributed by atoms with E-state index in [1.165, 1.54) is 12.1 Å². The molecule has 146 valence electrons. The predicted octanol–water partition coefficient (Wildman–Crippen LogP) is 4.18. The van der Waals surface area contributed by atoms with Gasteiger partial charge in [-0.3, -0.25) is 9.52 Å². The van der Waals surface area contributed by atoms with Crippen LogP contribution in [0.15, 0.2) is 51.8 Å². The summed E-state index contributed by atoms with van der Waals surface area (Å²) in [6, 6.07) is 10.9. The van der Waals surface area contributed by atoms with Crippen molar-refractivity contribution >= 4 is 37.5 Å². The molecule has 2 rings (SSSR count). The van der Waals surface area contributed by atoms with Crippen LogP contribution in [-0.2, 0) is 10.0 Å². The van der Waals surface area contributed by atoms with Crippen LogP contribution in [0, 0.1) is 0 Å². The molecule has 6 nitrogen and oxygen atoms in total. The van der Waals surface area contributed by atoms with Crippen molar-refractivity contribution in [1.29, 1.82) is 0 Å². The third kappa shape index (κ3) is 5.97. The largest absolute Gasteiger partial charge is 0.493 e. The molecule has 1 amide bonds. The average Bonchev–Trinajstić information content (AvgIpc) is 2.64. The van der Waals surface area contributed by atoms with Gasteiger partial charge in [0.1, 0.15) is 5.75 Å². The summed E-state index contributed by atoms with van der Waals surface area (Å²) in [4.78, 5) is 12.2. The van der Waals surface area contributed by atoms with Crippen molar-refractivity contribution in [3.05, 3.63) is 52.5 Å². The number of sulfonamides is 1. The lowest BCUT2D eigenvalue weighted by atomic mass is 10.2. The van der Waals surface area contributed by atoms with Gasteiger partial charge >= 0.3 is 0 Å². The van der Waals surface area contributed by atoms with E-state index in [2.05, 4.69) is 26.0 Å². The number of anilines is 1. The Kier molecular flexibility index (Phi) is 7.67. The van der Waals surface area contributed by atoms with E-state index in [-0.39, 0.29) is 10.8 Å². The second-order valence-electron chi connectivity index (χ2n) is 5.82. The minimum atomic E-state index is -3.83. The fraction of sp³-hybridized carbons (Fsp3) is 0.316. The molecular weight excluding hydrogens is 432 g/mol. The van der Waals surface area contributed by atoms with Crippen LogP contribution in [0.2, 0.25) is 0 Å². The van der Waals surface area contributed by atoms with Crippen molar-refractivity contribution in [2.24, 2.45) is 0 Å². The van der Waals surface area contributed by atoms with E-state index in [1.807, 2.05) is 13.8 Å². The van der Waals surface area contributed by atoms with E-state index in [1.54, 1.807) is 30.3 Å². The normalized spacial score (nSPS) is 11.1. The predicted molar refractivity (Wildman–Crippen MR) is 110 cm³/mol. The Labute approximate surface area is 168 Å². The molecule has 0 fully saturated rings. The molecule has 0 saturated heterocycles. The zero-order valence-corrected chi connectivity index (χ0v) is 17.7. The van der Waals surface area contributed by atoms with Crippen LogP contribution < -0.4 is 14.8 Å². The summed E-state index contributed by atoms with van der Waals surface area (Å²) < 4.78 is 33.9. The van der Waals surface area contributed by atoms with E-state index in [4.69, 9.17) is 4.74 Å². The third-order valence-electron chi connectivity index (χ3n) is 3.71. The van der Waals surface area contributed by atoms with Crippen molar-refractivity contribution in [3.8, 4) is 5.75 Å². The number of ether oxygens (including phenoxy) is 1. The standard InChI is InChI=1S/C19H23BrN2O4S/c1-3-5-11-21-19(23)14-7-6-8-16(12-14)27(24,25)22-15-9-10-18(26-4-2)17(20)13-15/h6-10,12-13,22H,3-5,11H2,1-2H3,(H,21,23). The Hall–Kier alpha value is -2.06. The van der Waals surface area contributed by atoms with E-state index < -0.39 is 10.0 Å². The van der Waals surface area contributed by atoms with Crippen LogP contribution >= 0.6 is 15.9 Å². The summed E-state index contributed by atoms with van der Waals surface area (Å²) in [5, 5.41) is 2.78. The van der Waals surface area contributed by atoms with Gasteiger partial charge < -0.3 is 10.1 Å². The molecule has 0 aliphatic heterocycles. The second-order valence-corrected chi connectivity index (χ2v) is 8.36. The Bertz CT molecular complexity index is 900. The molecule has 2 aromatic rings. The number of unbranched alkanes of at least 4 members (excludes halogenated alkanes) is 1. The monoisotopic (exact) mass is 454 g/mol. The van der Waals surface area contributed by atoms with Gasteiger partial charge in [-0.25, -0.2) is 8.42 Å². The molecule has 8 heteroatoms. The molecule has 0 saturated carbocycles. The SMILES string of the molecule is CCCCNC(=O)c1cccc(S(=O)(=O)Nc2ccc(OCC)c(Br)c2)c1. The number of carbonyl (C=O) groups excluding carboxylic acids is 1. The number of nitrogens with one attached hydrogen (secondary N) is 2. The summed E-state index contributed by atoms with van der Waals surface area (Å²) in [7, 11) is -3.83. The minimum absolute atomic E-state index is 0.0237. The number of amides is 1. The molecule has 2 N–H and O–H groups in total. The first kappa shape index (κ1) is 21.2. The Morgan fingerprint density at radius 1 is 1.15 bits per heavy atom. The number of benzene rings is 2. The summed E-state index contributed by atoms with van der Waals surface area (Å²) in [5.41, 5.74) is 0.699. The van der Waals surface area contributed by atoms with E-state index in [0.29, 0.717) is 34.6 Å². The van der Waals surface area contributed by atoms with Gasteiger partial charge in [0.25, 0.3) is 15.9 Å².